The average molecular weight is 1160 g/mol. The van der Waals surface area contributed by atoms with Gasteiger partial charge >= 0.3 is 23.9 Å². The van der Waals surface area contributed by atoms with E-state index in [0.29, 0.717) is 78.9 Å². The molecule has 0 amide bonds. The molecule has 10 rings (SSSR count). The molecule has 1 spiro atoms. The monoisotopic (exact) mass is 1160 g/mol. The molecule has 4 heterocycles. The summed E-state index contributed by atoms with van der Waals surface area (Å²) < 4.78 is 22.9. The molecule has 6 aromatic carbocycles. The molecule has 16 nitrogen and oxygen atoms in total. The van der Waals surface area contributed by atoms with Gasteiger partial charge in [-0.25, -0.2) is 9.59 Å². The summed E-state index contributed by atoms with van der Waals surface area (Å²) in [5.41, 5.74) is 5.11. The largest absolute Gasteiger partial charge is 0.508 e. The summed E-state index contributed by atoms with van der Waals surface area (Å²) in [7, 11) is 0. The molecule has 82 heavy (non-hydrogen) atoms. The number of halogens is 2. The average Bonchev–Trinajstić information content (AvgIpc) is 1.58. The van der Waals surface area contributed by atoms with Crippen LogP contribution in [0.5, 0.6) is 34.5 Å². The van der Waals surface area contributed by atoms with Crippen LogP contribution in [0.1, 0.15) is 170 Å². The van der Waals surface area contributed by atoms with Crippen molar-refractivity contribution in [1.29, 1.82) is 0 Å². The van der Waals surface area contributed by atoms with Crippen LogP contribution in [0.2, 0.25) is 10.0 Å². The van der Waals surface area contributed by atoms with E-state index in [1.807, 2.05) is 50.2 Å². The molecule has 4 aliphatic heterocycles. The highest BCUT2D eigenvalue weighted by molar-refractivity contribution is 6.33. The molecule has 4 aliphatic rings. The quantitative estimate of drug-likeness (QED) is 0.0411. The molecule has 18 heteroatoms. The summed E-state index contributed by atoms with van der Waals surface area (Å²) in [4.78, 5) is 64.8. The minimum absolute atomic E-state index is 0.00880. The third-order valence-corrected chi connectivity index (χ3v) is 16.1. The van der Waals surface area contributed by atoms with Gasteiger partial charge in [-0.05, 0) is 127 Å². The number of anilines is 2. The lowest BCUT2D eigenvalue weighted by Gasteiger charge is -2.48. The van der Waals surface area contributed by atoms with Gasteiger partial charge in [-0.15, -0.1) is 0 Å². The van der Waals surface area contributed by atoms with Crippen molar-refractivity contribution in [3.8, 4) is 34.5 Å². The Kier molecular flexibility index (Phi) is 17.8. The maximum absolute atomic E-state index is 13.2. The number of phenols is 4. The van der Waals surface area contributed by atoms with Crippen molar-refractivity contribution >= 4 is 64.2 Å². The van der Waals surface area contributed by atoms with E-state index in [9.17, 15) is 44.4 Å². The molecule has 3 unspecified atom stereocenters. The Morgan fingerprint density at radius 1 is 0.610 bits per heavy atom. The van der Waals surface area contributed by atoms with Crippen LogP contribution in [-0.4, -0.2) is 92.6 Å². The predicted molar refractivity (Wildman–Crippen MR) is 312 cm³/mol. The number of ketones is 1. The number of esters is 3. The third-order valence-electron chi connectivity index (χ3n) is 15.5. The van der Waals surface area contributed by atoms with Gasteiger partial charge in [0, 0.05) is 94.9 Å². The molecular formula is C64H68Cl2N2O14. The number of phenolic OH excluding ortho intramolecular Hbond substituents is 4. The Hall–Kier alpha value is -7.95. The zero-order valence-corrected chi connectivity index (χ0v) is 48.6. The maximum Gasteiger partial charge on any atom is 0.340 e. The standard InChI is InChI=1S/C32H32ClNO6.C18H27NO3.C14H9ClO5/c1-5-38-29(36)11-8-12-34-25-15-27-22(13-20(25)18(2)17-31(34,3)4)32(21-10-7-6-9-19(21)30(37)40-32)23-14-24(33)26(35)16-28(23)39-27;1-5-22-17(21)7-6-10-19-16-11-14(20)8-9-15(16)13(2)12-18(19,3)4;15-10-5-9(11(16)6-12(10)17)13(18)7-3-1-2-4-8(7)14(19)20/h6-7,9-10,13-16,18,35H,5,8,11-12,17H2,1-4H3;8-9,11,13,20H,5-7,10,12H2,1-4H3;1-6,16-17H,(H,19,20). The third kappa shape index (κ3) is 12.0. The van der Waals surface area contributed by atoms with Crippen molar-refractivity contribution in [2.45, 2.75) is 122 Å². The normalized spacial score (nSPS) is 18.3. The highest BCUT2D eigenvalue weighted by Gasteiger charge is 2.55. The van der Waals surface area contributed by atoms with E-state index in [-0.39, 0.29) is 67.2 Å². The molecule has 5 N–H and O–H groups in total. The van der Waals surface area contributed by atoms with Gasteiger partial charge in [-0.3, -0.25) is 14.4 Å². The lowest BCUT2D eigenvalue weighted by atomic mass is 9.74. The van der Waals surface area contributed by atoms with E-state index < -0.39 is 29.1 Å². The molecular weight excluding hydrogens is 1090 g/mol. The number of benzene rings is 6. The number of hydrogen-bond acceptors (Lipinski definition) is 15. The fraction of sp³-hybridized carbons (Fsp3) is 0.359. The number of carboxylic acid groups (broad SMARTS) is 1. The van der Waals surface area contributed by atoms with Crippen LogP contribution in [0, 0.1) is 0 Å². The zero-order chi connectivity index (χ0) is 59.6. The Bertz CT molecular complexity index is 3470. The van der Waals surface area contributed by atoms with Crippen LogP contribution in [0.4, 0.5) is 11.4 Å². The van der Waals surface area contributed by atoms with Crippen molar-refractivity contribution in [3.05, 3.63) is 163 Å². The number of nitrogens with zero attached hydrogens (tertiary/aromatic N) is 2. The van der Waals surface area contributed by atoms with E-state index >= 15 is 0 Å². The first-order chi connectivity index (χ1) is 38.8. The SMILES string of the molecule is CCOC(=O)CCCN1c2cc(O)ccc2C(C)CC1(C)C.CCOC(=O)CCCN1c2cc3c(cc2C(C)CC1(C)C)C1(OC(=O)c2ccccc21)c1cc(Cl)c(O)cc1O3.O=C(O)c1ccccc1C(=O)c1cc(Cl)c(O)cc1O. The summed E-state index contributed by atoms with van der Waals surface area (Å²) >= 11 is 12.1. The zero-order valence-electron chi connectivity index (χ0n) is 47.1. The van der Waals surface area contributed by atoms with Crippen LogP contribution >= 0.6 is 23.2 Å². The number of carbonyl (C=O) groups excluding carboxylic acids is 4. The Morgan fingerprint density at radius 2 is 1.13 bits per heavy atom. The molecule has 0 aliphatic carbocycles. The van der Waals surface area contributed by atoms with Crippen LogP contribution in [0.3, 0.4) is 0 Å². The molecule has 432 valence electrons. The summed E-state index contributed by atoms with van der Waals surface area (Å²) in [5, 5.41) is 48.4. The Labute approximate surface area is 486 Å². The van der Waals surface area contributed by atoms with Gasteiger partial charge in [0.15, 0.2) is 11.4 Å². The molecule has 0 radical (unpaired) electrons. The predicted octanol–water partition coefficient (Wildman–Crippen LogP) is 13.6. The topological polar surface area (TPSA) is 230 Å². The molecule has 0 fully saturated rings. The second-order valence-corrected chi connectivity index (χ2v) is 22.9. The number of carboxylic acids is 1. The fourth-order valence-electron chi connectivity index (χ4n) is 12.0. The van der Waals surface area contributed by atoms with Gasteiger partial charge in [-0.2, -0.15) is 0 Å². The lowest BCUT2D eigenvalue weighted by Crippen LogP contribution is -2.49. The van der Waals surface area contributed by atoms with E-state index in [4.69, 9.17) is 47.3 Å². The first-order valence-corrected chi connectivity index (χ1v) is 28.1. The van der Waals surface area contributed by atoms with Crippen molar-refractivity contribution in [1.82, 2.24) is 0 Å². The van der Waals surface area contributed by atoms with E-state index in [0.717, 1.165) is 60.4 Å². The highest BCUT2D eigenvalue weighted by atomic mass is 35.5. The number of aromatic hydroxyl groups is 4. The van der Waals surface area contributed by atoms with E-state index in [1.165, 1.54) is 35.9 Å². The first-order valence-electron chi connectivity index (χ1n) is 27.3. The van der Waals surface area contributed by atoms with Gasteiger partial charge < -0.3 is 54.3 Å². The summed E-state index contributed by atoms with van der Waals surface area (Å²) in [5.74, 6) is -1.79. The van der Waals surface area contributed by atoms with Crippen LogP contribution in [-0.2, 0) is 29.4 Å². The van der Waals surface area contributed by atoms with Gasteiger partial charge in [0.1, 0.15) is 34.5 Å². The van der Waals surface area contributed by atoms with Crippen LogP contribution in [0.15, 0.2) is 103 Å². The Balaban J connectivity index is 0.000000177. The van der Waals surface area contributed by atoms with Gasteiger partial charge in [0.2, 0.25) is 0 Å². The van der Waals surface area contributed by atoms with Crippen molar-refractivity contribution in [3.63, 3.8) is 0 Å². The number of ether oxygens (including phenoxy) is 4. The second-order valence-electron chi connectivity index (χ2n) is 22.1. The second kappa shape index (κ2) is 24.3. The number of aromatic carboxylic acids is 1. The lowest BCUT2D eigenvalue weighted by molar-refractivity contribution is -0.144. The van der Waals surface area contributed by atoms with Crippen LogP contribution < -0.4 is 14.5 Å². The maximum atomic E-state index is 13.2. The molecule has 6 aromatic rings. The summed E-state index contributed by atoms with van der Waals surface area (Å²) in [6, 6.07) is 27.8. The number of hydrogen-bond donors (Lipinski definition) is 5. The van der Waals surface area contributed by atoms with Gasteiger partial charge in [-0.1, -0.05) is 79.5 Å². The van der Waals surface area contributed by atoms with Crippen molar-refractivity contribution < 1.29 is 68.5 Å². The smallest absolute Gasteiger partial charge is 0.340 e. The first kappa shape index (κ1) is 60.2. The highest BCUT2D eigenvalue weighted by Crippen LogP contribution is 2.60. The molecule has 0 saturated carbocycles. The summed E-state index contributed by atoms with van der Waals surface area (Å²) in [6.07, 6.45) is 4.15. The van der Waals surface area contributed by atoms with Crippen molar-refractivity contribution in [2.24, 2.45) is 0 Å². The van der Waals surface area contributed by atoms with E-state index in [2.05, 4.69) is 57.4 Å². The fourth-order valence-corrected chi connectivity index (χ4v) is 12.3. The van der Waals surface area contributed by atoms with Gasteiger partial charge in [0.05, 0.1) is 39.9 Å². The number of rotatable bonds is 13. The van der Waals surface area contributed by atoms with Crippen molar-refractivity contribution in [2.75, 3.05) is 36.1 Å². The number of fused-ring (bicyclic) bond motifs is 8. The molecule has 0 saturated heterocycles. The minimum Gasteiger partial charge on any atom is -0.508 e. The summed E-state index contributed by atoms with van der Waals surface area (Å²) in [6.45, 7) is 19.2. The molecule has 0 bridgehead atoms. The Morgan fingerprint density at radius 3 is 1.74 bits per heavy atom. The van der Waals surface area contributed by atoms with Gasteiger partial charge in [0.25, 0.3) is 0 Å². The van der Waals surface area contributed by atoms with E-state index in [1.54, 1.807) is 18.2 Å². The minimum atomic E-state index is -1.27. The number of carbonyl (C=O) groups is 5. The van der Waals surface area contributed by atoms with Crippen LogP contribution in [0.25, 0.3) is 0 Å². The molecule has 0 aromatic heterocycles. The molecule has 3 atom stereocenters.